The van der Waals surface area contributed by atoms with Crippen molar-refractivity contribution < 1.29 is 8.42 Å². The van der Waals surface area contributed by atoms with E-state index in [2.05, 4.69) is 0 Å². The first-order valence-electron chi connectivity index (χ1n) is 5.75. The molecule has 0 fully saturated rings. The Bertz CT molecular complexity index is 659. The second kappa shape index (κ2) is 6.04. The van der Waals surface area contributed by atoms with Gasteiger partial charge in [-0.15, -0.1) is 0 Å². The standard InChI is InChI=1S/C15H13ClO2S/c16-15-8-6-13(7-9-15)10-11-19(17,18)12-14-4-2-1-3-5-14/h1-11H,12H2. The van der Waals surface area contributed by atoms with Gasteiger partial charge in [0.2, 0.25) is 0 Å². The van der Waals surface area contributed by atoms with E-state index in [1.807, 2.05) is 18.2 Å². The minimum absolute atomic E-state index is 0.0118. The number of sulfone groups is 1. The number of hydrogen-bond donors (Lipinski definition) is 0. The number of hydrogen-bond acceptors (Lipinski definition) is 2. The summed E-state index contributed by atoms with van der Waals surface area (Å²) in [6.45, 7) is 0. The molecule has 0 saturated carbocycles. The van der Waals surface area contributed by atoms with Gasteiger partial charge in [-0.05, 0) is 29.3 Å². The van der Waals surface area contributed by atoms with E-state index < -0.39 is 9.84 Å². The lowest BCUT2D eigenvalue weighted by molar-refractivity contribution is 0.604. The Kier molecular flexibility index (Phi) is 4.40. The fourth-order valence-electron chi connectivity index (χ4n) is 1.61. The summed E-state index contributed by atoms with van der Waals surface area (Å²) in [4.78, 5) is 0. The van der Waals surface area contributed by atoms with Crippen molar-refractivity contribution in [1.82, 2.24) is 0 Å². The average molecular weight is 293 g/mol. The van der Waals surface area contributed by atoms with Crippen molar-refractivity contribution in [1.29, 1.82) is 0 Å². The monoisotopic (exact) mass is 292 g/mol. The molecule has 0 heterocycles. The Morgan fingerprint density at radius 2 is 1.58 bits per heavy atom. The molecule has 0 saturated heterocycles. The Labute approximate surface area is 118 Å². The molecule has 98 valence electrons. The van der Waals surface area contributed by atoms with Gasteiger partial charge in [0.1, 0.15) is 0 Å². The zero-order chi connectivity index (χ0) is 13.7. The van der Waals surface area contributed by atoms with E-state index in [0.29, 0.717) is 5.02 Å². The molecular weight excluding hydrogens is 280 g/mol. The van der Waals surface area contributed by atoms with Crippen LogP contribution in [0.4, 0.5) is 0 Å². The highest BCUT2D eigenvalue weighted by Crippen LogP contribution is 2.13. The molecule has 0 bridgehead atoms. The molecule has 2 aromatic rings. The Morgan fingerprint density at radius 1 is 0.947 bits per heavy atom. The van der Waals surface area contributed by atoms with Gasteiger partial charge in [-0.2, -0.15) is 0 Å². The molecule has 0 N–H and O–H groups in total. The normalized spacial score (nSPS) is 11.8. The maximum atomic E-state index is 11.9. The number of rotatable bonds is 4. The molecule has 0 atom stereocenters. The van der Waals surface area contributed by atoms with Crippen LogP contribution in [-0.2, 0) is 15.6 Å². The fraction of sp³-hybridized carbons (Fsp3) is 0.0667. The van der Waals surface area contributed by atoms with E-state index in [9.17, 15) is 8.42 Å². The van der Waals surface area contributed by atoms with Crippen LogP contribution in [0.5, 0.6) is 0 Å². The van der Waals surface area contributed by atoms with Crippen molar-refractivity contribution in [2.75, 3.05) is 0 Å². The molecule has 0 aliphatic carbocycles. The highest BCUT2D eigenvalue weighted by Gasteiger charge is 2.06. The molecular formula is C15H13ClO2S. The fourth-order valence-corrected chi connectivity index (χ4v) is 2.85. The van der Waals surface area contributed by atoms with E-state index in [-0.39, 0.29) is 5.75 Å². The van der Waals surface area contributed by atoms with Gasteiger partial charge in [0.05, 0.1) is 5.75 Å². The van der Waals surface area contributed by atoms with Gasteiger partial charge in [0, 0.05) is 10.4 Å². The smallest absolute Gasteiger partial charge is 0.175 e. The zero-order valence-electron chi connectivity index (χ0n) is 10.2. The van der Waals surface area contributed by atoms with Gasteiger partial charge >= 0.3 is 0 Å². The first kappa shape index (κ1) is 13.8. The van der Waals surface area contributed by atoms with Crippen LogP contribution in [0.1, 0.15) is 11.1 Å². The van der Waals surface area contributed by atoms with Crippen LogP contribution in [0.2, 0.25) is 5.02 Å². The highest BCUT2D eigenvalue weighted by atomic mass is 35.5. The predicted molar refractivity (Wildman–Crippen MR) is 79.6 cm³/mol. The van der Waals surface area contributed by atoms with Gasteiger partial charge in [-0.25, -0.2) is 8.42 Å². The van der Waals surface area contributed by atoms with Crippen LogP contribution < -0.4 is 0 Å². The van der Waals surface area contributed by atoms with Gasteiger partial charge < -0.3 is 0 Å². The topological polar surface area (TPSA) is 34.1 Å². The van der Waals surface area contributed by atoms with Gasteiger partial charge in [0.15, 0.2) is 9.84 Å². The van der Waals surface area contributed by atoms with E-state index >= 15 is 0 Å². The van der Waals surface area contributed by atoms with E-state index in [1.165, 1.54) is 5.41 Å². The Balaban J connectivity index is 2.11. The van der Waals surface area contributed by atoms with E-state index in [0.717, 1.165) is 11.1 Å². The van der Waals surface area contributed by atoms with Crippen molar-refractivity contribution in [2.45, 2.75) is 5.75 Å². The van der Waals surface area contributed by atoms with Crippen LogP contribution in [-0.4, -0.2) is 8.42 Å². The van der Waals surface area contributed by atoms with Crippen LogP contribution in [0.25, 0.3) is 6.08 Å². The quantitative estimate of drug-likeness (QED) is 0.856. The minimum Gasteiger partial charge on any atom is -0.224 e. The average Bonchev–Trinajstić information content (AvgIpc) is 2.39. The van der Waals surface area contributed by atoms with Crippen molar-refractivity contribution in [3.05, 3.63) is 76.2 Å². The summed E-state index contributed by atoms with van der Waals surface area (Å²) in [6.07, 6.45) is 1.58. The summed E-state index contributed by atoms with van der Waals surface area (Å²) in [5.74, 6) is 0.0118. The van der Waals surface area contributed by atoms with Gasteiger partial charge in [0.25, 0.3) is 0 Å². The maximum Gasteiger partial charge on any atom is 0.175 e. The lowest BCUT2D eigenvalue weighted by atomic mass is 10.2. The second-order valence-corrected chi connectivity index (χ2v) is 6.47. The van der Waals surface area contributed by atoms with Crippen molar-refractivity contribution in [3.63, 3.8) is 0 Å². The summed E-state index contributed by atoms with van der Waals surface area (Å²) in [5, 5.41) is 1.87. The molecule has 0 radical (unpaired) electrons. The molecule has 0 aromatic heterocycles. The van der Waals surface area contributed by atoms with Crippen molar-refractivity contribution in [2.24, 2.45) is 0 Å². The Hall–Kier alpha value is -1.58. The van der Waals surface area contributed by atoms with Crippen LogP contribution >= 0.6 is 11.6 Å². The summed E-state index contributed by atoms with van der Waals surface area (Å²) >= 11 is 5.77. The molecule has 0 spiro atoms. The second-order valence-electron chi connectivity index (χ2n) is 4.15. The lowest BCUT2D eigenvalue weighted by Gasteiger charge is -1.99. The largest absolute Gasteiger partial charge is 0.224 e. The molecule has 2 rings (SSSR count). The molecule has 0 aliphatic heterocycles. The molecule has 0 unspecified atom stereocenters. The molecule has 0 amide bonds. The SMILES string of the molecule is O=S(=O)(C=Cc1ccc(Cl)cc1)Cc1ccccc1. The van der Waals surface area contributed by atoms with E-state index in [1.54, 1.807) is 42.5 Å². The van der Waals surface area contributed by atoms with Crippen molar-refractivity contribution >= 4 is 27.5 Å². The van der Waals surface area contributed by atoms with Gasteiger partial charge in [-0.1, -0.05) is 54.1 Å². The van der Waals surface area contributed by atoms with Crippen LogP contribution in [0.15, 0.2) is 60.0 Å². The molecule has 2 aromatic carbocycles. The maximum absolute atomic E-state index is 11.9. The third kappa shape index (κ3) is 4.54. The summed E-state index contributed by atoms with van der Waals surface area (Å²) in [5.41, 5.74) is 1.59. The van der Waals surface area contributed by atoms with E-state index in [4.69, 9.17) is 11.6 Å². The molecule has 0 aliphatic rings. The number of benzene rings is 2. The van der Waals surface area contributed by atoms with Crippen LogP contribution in [0.3, 0.4) is 0 Å². The first-order chi connectivity index (χ1) is 9.05. The number of halogens is 1. The molecule has 2 nitrogen and oxygen atoms in total. The lowest BCUT2D eigenvalue weighted by Crippen LogP contribution is -1.99. The van der Waals surface area contributed by atoms with Crippen molar-refractivity contribution in [3.8, 4) is 0 Å². The molecule has 4 heteroatoms. The first-order valence-corrected chi connectivity index (χ1v) is 7.85. The summed E-state index contributed by atoms with van der Waals surface area (Å²) in [6, 6.07) is 16.1. The molecule has 19 heavy (non-hydrogen) atoms. The van der Waals surface area contributed by atoms with Crippen LogP contribution in [0, 0.1) is 0 Å². The summed E-state index contributed by atoms with van der Waals surface area (Å²) < 4.78 is 23.9. The zero-order valence-corrected chi connectivity index (χ0v) is 11.7. The third-order valence-corrected chi connectivity index (χ3v) is 4.09. The third-order valence-electron chi connectivity index (χ3n) is 2.55. The Morgan fingerprint density at radius 3 is 2.21 bits per heavy atom. The predicted octanol–water partition coefficient (Wildman–Crippen LogP) is 3.93. The summed E-state index contributed by atoms with van der Waals surface area (Å²) in [7, 11) is -3.26. The minimum atomic E-state index is -3.26. The highest BCUT2D eigenvalue weighted by molar-refractivity contribution is 7.93. The van der Waals surface area contributed by atoms with Gasteiger partial charge in [-0.3, -0.25) is 0 Å².